The number of aromatic nitrogens is 3. The number of thiazole rings is 1. The highest BCUT2D eigenvalue weighted by molar-refractivity contribution is 7.13. The normalized spacial score (nSPS) is 11.0. The highest BCUT2D eigenvalue weighted by Gasteiger charge is 2.16. The number of carbonyl (C=O) groups excluding carboxylic acids is 1. The van der Waals surface area contributed by atoms with Gasteiger partial charge in [-0.1, -0.05) is 30.3 Å². The molecule has 0 aliphatic heterocycles. The summed E-state index contributed by atoms with van der Waals surface area (Å²) in [6.07, 6.45) is 3.61. The Morgan fingerprint density at radius 1 is 1.27 bits per heavy atom. The van der Waals surface area contributed by atoms with E-state index in [0.717, 1.165) is 16.0 Å². The summed E-state index contributed by atoms with van der Waals surface area (Å²) in [5.74, 6) is -0.647. The quantitative estimate of drug-likeness (QED) is 0.557. The number of nitrogens with zero attached hydrogens (tertiary/aromatic N) is 3. The third kappa shape index (κ3) is 3.04. The molecule has 7 heteroatoms. The van der Waals surface area contributed by atoms with Crippen molar-refractivity contribution in [1.29, 1.82) is 0 Å². The molecule has 0 radical (unpaired) electrons. The topological polar surface area (TPSA) is 77.2 Å². The maximum absolute atomic E-state index is 12.3. The number of phenols is 1. The number of benzene rings is 2. The van der Waals surface area contributed by atoms with Gasteiger partial charge in [0.15, 0.2) is 0 Å². The molecule has 2 heterocycles. The lowest BCUT2D eigenvalue weighted by Gasteiger charge is -2.07. The van der Waals surface area contributed by atoms with Gasteiger partial charge in [-0.2, -0.15) is 5.10 Å². The number of esters is 1. The van der Waals surface area contributed by atoms with E-state index in [9.17, 15) is 9.90 Å². The highest BCUT2D eigenvalue weighted by atomic mass is 32.1. The third-order valence-corrected chi connectivity index (χ3v) is 4.92. The number of carbonyl (C=O) groups is 1. The lowest BCUT2D eigenvalue weighted by Crippen LogP contribution is -2.06. The lowest BCUT2D eigenvalue weighted by atomic mass is 10.1. The van der Waals surface area contributed by atoms with Crippen LogP contribution >= 0.6 is 11.3 Å². The largest absolute Gasteiger partial charge is 0.506 e. The van der Waals surface area contributed by atoms with Gasteiger partial charge >= 0.3 is 5.97 Å². The Kier molecular flexibility index (Phi) is 4.14. The van der Waals surface area contributed by atoms with Crippen LogP contribution < -0.4 is 0 Å². The second-order valence-electron chi connectivity index (χ2n) is 5.81. The molecule has 130 valence electrons. The van der Waals surface area contributed by atoms with E-state index < -0.39 is 5.97 Å². The highest BCUT2D eigenvalue weighted by Crippen LogP contribution is 2.29. The lowest BCUT2D eigenvalue weighted by molar-refractivity contribution is 0.0465. The van der Waals surface area contributed by atoms with Gasteiger partial charge in [-0.05, 0) is 11.5 Å². The van der Waals surface area contributed by atoms with Crippen LogP contribution in [0.2, 0.25) is 0 Å². The average Bonchev–Trinajstić information content (AvgIpc) is 3.29. The van der Waals surface area contributed by atoms with Gasteiger partial charge in [0.05, 0.1) is 11.9 Å². The molecule has 0 aliphatic rings. The van der Waals surface area contributed by atoms with Crippen molar-refractivity contribution in [2.24, 2.45) is 7.05 Å². The molecule has 0 bridgehead atoms. The van der Waals surface area contributed by atoms with Crippen LogP contribution in [0, 0.1) is 0 Å². The molecular formula is C19H15N3O3S. The van der Waals surface area contributed by atoms with E-state index >= 15 is 0 Å². The van der Waals surface area contributed by atoms with Gasteiger partial charge in [-0.15, -0.1) is 11.3 Å². The van der Waals surface area contributed by atoms with Gasteiger partial charge in [0.2, 0.25) is 0 Å². The molecule has 0 atom stereocenters. The molecule has 0 unspecified atom stereocenters. The van der Waals surface area contributed by atoms with E-state index in [1.807, 2.05) is 36.8 Å². The van der Waals surface area contributed by atoms with E-state index in [-0.39, 0.29) is 17.9 Å². The van der Waals surface area contributed by atoms with Crippen molar-refractivity contribution in [3.05, 3.63) is 65.4 Å². The Morgan fingerprint density at radius 2 is 2.12 bits per heavy atom. The molecule has 1 N–H and O–H groups in total. The number of ether oxygens (including phenoxy) is 1. The minimum atomic E-state index is -0.579. The van der Waals surface area contributed by atoms with Gasteiger partial charge in [0, 0.05) is 29.6 Å². The SMILES string of the molecule is Cn1cc(-c2nc(COC(=O)c3ccc4ccccc4c3O)cs2)cn1. The summed E-state index contributed by atoms with van der Waals surface area (Å²) >= 11 is 1.46. The van der Waals surface area contributed by atoms with Gasteiger partial charge < -0.3 is 9.84 Å². The molecule has 6 nitrogen and oxygen atoms in total. The zero-order valence-corrected chi connectivity index (χ0v) is 14.7. The molecule has 0 saturated heterocycles. The summed E-state index contributed by atoms with van der Waals surface area (Å²) in [7, 11) is 1.84. The smallest absolute Gasteiger partial charge is 0.342 e. The van der Waals surface area contributed by atoms with Crippen molar-refractivity contribution >= 4 is 28.1 Å². The van der Waals surface area contributed by atoms with Gasteiger partial charge in [-0.3, -0.25) is 4.68 Å². The molecule has 4 aromatic rings. The van der Waals surface area contributed by atoms with Crippen LogP contribution in [0.4, 0.5) is 0 Å². The predicted molar refractivity (Wildman–Crippen MR) is 99.0 cm³/mol. The van der Waals surface area contributed by atoms with Crippen LogP contribution in [-0.4, -0.2) is 25.8 Å². The van der Waals surface area contributed by atoms with E-state index in [1.165, 1.54) is 11.3 Å². The number of hydrogen-bond acceptors (Lipinski definition) is 6. The summed E-state index contributed by atoms with van der Waals surface area (Å²) in [4.78, 5) is 16.8. The molecule has 2 aromatic heterocycles. The standard InChI is InChI=1S/C19H15N3O3S/c1-22-9-13(8-20-22)18-21-14(11-26-18)10-25-19(24)16-7-6-12-4-2-3-5-15(12)17(16)23/h2-9,11,23H,10H2,1H3. The van der Waals surface area contributed by atoms with E-state index in [1.54, 1.807) is 29.1 Å². The zero-order chi connectivity index (χ0) is 18.1. The molecule has 4 rings (SSSR count). The van der Waals surface area contributed by atoms with Crippen molar-refractivity contribution in [2.75, 3.05) is 0 Å². The monoisotopic (exact) mass is 365 g/mol. The second kappa shape index (κ2) is 6.61. The Hall–Kier alpha value is -3.19. The summed E-state index contributed by atoms with van der Waals surface area (Å²) in [6.45, 7) is 0.0435. The van der Waals surface area contributed by atoms with Crippen molar-refractivity contribution in [2.45, 2.75) is 6.61 Å². The van der Waals surface area contributed by atoms with E-state index in [4.69, 9.17) is 4.74 Å². The number of fused-ring (bicyclic) bond motifs is 1. The first kappa shape index (κ1) is 16.3. The molecular weight excluding hydrogens is 350 g/mol. The zero-order valence-electron chi connectivity index (χ0n) is 13.9. The van der Waals surface area contributed by atoms with Crippen molar-refractivity contribution < 1.29 is 14.6 Å². The van der Waals surface area contributed by atoms with Crippen LogP contribution in [0.25, 0.3) is 21.3 Å². The Morgan fingerprint density at radius 3 is 2.92 bits per heavy atom. The maximum atomic E-state index is 12.3. The molecule has 0 fully saturated rings. The number of phenolic OH excluding ortho intramolecular Hbond substituents is 1. The molecule has 0 saturated carbocycles. The Labute approximate surface area is 153 Å². The van der Waals surface area contributed by atoms with Crippen molar-refractivity contribution in [3.8, 4) is 16.3 Å². The maximum Gasteiger partial charge on any atom is 0.342 e. The number of aromatic hydroxyl groups is 1. The van der Waals surface area contributed by atoms with Crippen molar-refractivity contribution in [1.82, 2.24) is 14.8 Å². The fraction of sp³-hybridized carbons (Fsp3) is 0.105. The second-order valence-corrected chi connectivity index (χ2v) is 6.66. The number of hydrogen-bond donors (Lipinski definition) is 1. The fourth-order valence-electron chi connectivity index (χ4n) is 2.67. The van der Waals surface area contributed by atoms with Gasteiger partial charge in [0.25, 0.3) is 0 Å². The minimum Gasteiger partial charge on any atom is -0.506 e. The number of aryl methyl sites for hydroxylation is 1. The molecule has 0 aliphatic carbocycles. The summed E-state index contributed by atoms with van der Waals surface area (Å²) in [5, 5.41) is 18.6. The summed E-state index contributed by atoms with van der Waals surface area (Å²) in [5.41, 5.74) is 1.72. The Balaban J connectivity index is 1.49. The Bertz CT molecular complexity index is 1100. The predicted octanol–water partition coefficient (Wildman–Crippen LogP) is 3.76. The van der Waals surface area contributed by atoms with E-state index in [2.05, 4.69) is 10.1 Å². The molecule has 0 spiro atoms. The first-order valence-corrected chi connectivity index (χ1v) is 8.81. The minimum absolute atomic E-state index is 0.0435. The average molecular weight is 365 g/mol. The first-order chi connectivity index (χ1) is 12.6. The van der Waals surface area contributed by atoms with Crippen LogP contribution in [0.15, 0.2) is 54.2 Å². The van der Waals surface area contributed by atoms with Crippen LogP contribution in [0.5, 0.6) is 5.75 Å². The fourth-order valence-corrected chi connectivity index (χ4v) is 3.45. The molecule has 26 heavy (non-hydrogen) atoms. The van der Waals surface area contributed by atoms with E-state index in [0.29, 0.717) is 11.1 Å². The van der Waals surface area contributed by atoms with Gasteiger partial charge in [0.1, 0.15) is 22.9 Å². The number of rotatable bonds is 4. The summed E-state index contributed by atoms with van der Waals surface area (Å²) in [6, 6.07) is 10.7. The van der Waals surface area contributed by atoms with Crippen LogP contribution in [0.1, 0.15) is 16.1 Å². The van der Waals surface area contributed by atoms with Crippen LogP contribution in [0.3, 0.4) is 0 Å². The first-order valence-electron chi connectivity index (χ1n) is 7.93. The third-order valence-electron chi connectivity index (χ3n) is 3.98. The van der Waals surface area contributed by atoms with Gasteiger partial charge in [-0.25, -0.2) is 9.78 Å². The molecule has 2 aromatic carbocycles. The van der Waals surface area contributed by atoms with Crippen LogP contribution in [-0.2, 0) is 18.4 Å². The van der Waals surface area contributed by atoms with Crippen molar-refractivity contribution in [3.63, 3.8) is 0 Å². The molecule has 0 amide bonds. The summed E-state index contributed by atoms with van der Waals surface area (Å²) < 4.78 is 7.03.